The van der Waals surface area contributed by atoms with Crippen LogP contribution in [0.5, 0.6) is 5.75 Å². The van der Waals surface area contributed by atoms with Crippen molar-refractivity contribution in [1.82, 2.24) is 0 Å². The lowest BCUT2D eigenvalue weighted by atomic mass is 9.95. The van der Waals surface area contributed by atoms with E-state index < -0.39 is 0 Å². The summed E-state index contributed by atoms with van der Waals surface area (Å²) in [6, 6.07) is 6.14. The standard InChI is InChI=1S/C15H22BrNO2/c1-18-12-5-3-6-13(10-12)19-15-11(8-9-17)4-2-7-14(15)16/h2,4,7,12-13H,3,5-6,8-10,17H2,1H3. The summed E-state index contributed by atoms with van der Waals surface area (Å²) < 4.78 is 12.7. The van der Waals surface area contributed by atoms with Crippen LogP contribution in [0.3, 0.4) is 0 Å². The number of ether oxygens (including phenoxy) is 2. The highest BCUT2D eigenvalue weighted by Crippen LogP contribution is 2.33. The largest absolute Gasteiger partial charge is 0.489 e. The van der Waals surface area contributed by atoms with Gasteiger partial charge in [-0.1, -0.05) is 12.1 Å². The van der Waals surface area contributed by atoms with Crippen LogP contribution in [0.1, 0.15) is 31.2 Å². The molecule has 2 unspecified atom stereocenters. The highest BCUT2D eigenvalue weighted by atomic mass is 79.9. The van der Waals surface area contributed by atoms with E-state index in [1.54, 1.807) is 7.11 Å². The lowest BCUT2D eigenvalue weighted by Crippen LogP contribution is -2.29. The summed E-state index contributed by atoms with van der Waals surface area (Å²) in [6.07, 6.45) is 5.80. The first-order valence-corrected chi connectivity index (χ1v) is 7.70. The molecule has 4 heteroatoms. The van der Waals surface area contributed by atoms with Gasteiger partial charge in [0, 0.05) is 13.5 Å². The molecule has 0 amide bonds. The van der Waals surface area contributed by atoms with Gasteiger partial charge in [0.25, 0.3) is 0 Å². The topological polar surface area (TPSA) is 44.5 Å². The first-order valence-electron chi connectivity index (χ1n) is 6.91. The van der Waals surface area contributed by atoms with E-state index in [9.17, 15) is 0 Å². The molecule has 0 aliphatic heterocycles. The third-order valence-electron chi connectivity index (χ3n) is 3.66. The Labute approximate surface area is 123 Å². The molecule has 1 aliphatic carbocycles. The maximum atomic E-state index is 6.22. The molecule has 0 radical (unpaired) electrons. The van der Waals surface area contributed by atoms with Crippen molar-refractivity contribution in [3.05, 3.63) is 28.2 Å². The summed E-state index contributed by atoms with van der Waals surface area (Å²) in [4.78, 5) is 0. The Morgan fingerprint density at radius 3 is 2.84 bits per heavy atom. The summed E-state index contributed by atoms with van der Waals surface area (Å²) in [6.45, 7) is 0.637. The van der Waals surface area contributed by atoms with E-state index in [1.807, 2.05) is 12.1 Å². The van der Waals surface area contributed by atoms with Crippen molar-refractivity contribution in [2.75, 3.05) is 13.7 Å². The molecule has 0 saturated heterocycles. The van der Waals surface area contributed by atoms with Gasteiger partial charge in [-0.05, 0) is 59.8 Å². The number of nitrogens with two attached hydrogens (primary N) is 1. The van der Waals surface area contributed by atoms with Gasteiger partial charge in [0.05, 0.1) is 10.6 Å². The Morgan fingerprint density at radius 2 is 2.11 bits per heavy atom. The molecule has 1 aliphatic rings. The molecule has 3 nitrogen and oxygen atoms in total. The summed E-state index contributed by atoms with van der Waals surface area (Å²) in [5.74, 6) is 0.953. The van der Waals surface area contributed by atoms with E-state index in [2.05, 4.69) is 22.0 Å². The zero-order valence-corrected chi connectivity index (χ0v) is 13.0. The molecule has 0 aromatic heterocycles. The van der Waals surface area contributed by atoms with Crippen molar-refractivity contribution >= 4 is 15.9 Å². The molecular weight excluding hydrogens is 306 g/mol. The second kappa shape index (κ2) is 7.27. The Morgan fingerprint density at radius 1 is 1.32 bits per heavy atom. The van der Waals surface area contributed by atoms with Crippen LogP contribution in [0.15, 0.2) is 22.7 Å². The summed E-state index contributed by atoms with van der Waals surface area (Å²) in [5.41, 5.74) is 6.84. The minimum Gasteiger partial charge on any atom is -0.489 e. The first-order chi connectivity index (χ1) is 9.24. The van der Waals surface area contributed by atoms with Gasteiger partial charge in [0.2, 0.25) is 0 Å². The van der Waals surface area contributed by atoms with Gasteiger partial charge in [-0.2, -0.15) is 0 Å². The second-order valence-electron chi connectivity index (χ2n) is 5.03. The fraction of sp³-hybridized carbons (Fsp3) is 0.600. The molecule has 0 heterocycles. The third kappa shape index (κ3) is 3.94. The molecular formula is C15H22BrNO2. The summed E-state index contributed by atoms with van der Waals surface area (Å²) >= 11 is 3.58. The number of benzene rings is 1. The minimum atomic E-state index is 0.244. The van der Waals surface area contributed by atoms with E-state index in [0.29, 0.717) is 12.6 Å². The van der Waals surface area contributed by atoms with E-state index >= 15 is 0 Å². The van der Waals surface area contributed by atoms with Crippen molar-refractivity contribution in [3.8, 4) is 5.75 Å². The Kier molecular flexibility index (Phi) is 5.67. The van der Waals surface area contributed by atoms with Crippen molar-refractivity contribution in [3.63, 3.8) is 0 Å². The van der Waals surface area contributed by atoms with Gasteiger partial charge in [0.15, 0.2) is 0 Å². The van der Waals surface area contributed by atoms with Gasteiger partial charge in [-0.25, -0.2) is 0 Å². The predicted molar refractivity (Wildman–Crippen MR) is 80.6 cm³/mol. The lowest BCUT2D eigenvalue weighted by molar-refractivity contribution is 0.0204. The molecule has 1 saturated carbocycles. The smallest absolute Gasteiger partial charge is 0.137 e. The lowest BCUT2D eigenvalue weighted by Gasteiger charge is -2.29. The number of methoxy groups -OCH3 is 1. The minimum absolute atomic E-state index is 0.244. The van der Waals surface area contributed by atoms with Crippen molar-refractivity contribution in [1.29, 1.82) is 0 Å². The quantitative estimate of drug-likeness (QED) is 0.902. The van der Waals surface area contributed by atoms with Gasteiger partial charge < -0.3 is 15.2 Å². The van der Waals surface area contributed by atoms with Gasteiger partial charge >= 0.3 is 0 Å². The van der Waals surface area contributed by atoms with E-state index in [-0.39, 0.29) is 6.10 Å². The maximum absolute atomic E-state index is 6.22. The normalized spacial score (nSPS) is 23.3. The molecule has 1 aromatic carbocycles. The molecule has 19 heavy (non-hydrogen) atoms. The van der Waals surface area contributed by atoms with Crippen LogP contribution in [0, 0.1) is 0 Å². The zero-order chi connectivity index (χ0) is 13.7. The second-order valence-corrected chi connectivity index (χ2v) is 5.89. The van der Waals surface area contributed by atoms with Crippen LogP contribution in [0.25, 0.3) is 0 Å². The van der Waals surface area contributed by atoms with Crippen LogP contribution in [0.4, 0.5) is 0 Å². The molecule has 2 rings (SSSR count). The molecule has 1 aromatic rings. The Hall–Kier alpha value is -0.580. The van der Waals surface area contributed by atoms with Gasteiger partial charge in [-0.15, -0.1) is 0 Å². The van der Waals surface area contributed by atoms with Crippen molar-refractivity contribution < 1.29 is 9.47 Å². The predicted octanol–water partition coefficient (Wildman–Crippen LogP) is 3.29. The van der Waals surface area contributed by atoms with E-state index in [4.69, 9.17) is 15.2 Å². The SMILES string of the molecule is COC1CCCC(Oc2c(Br)cccc2CCN)C1. The van der Waals surface area contributed by atoms with Crippen molar-refractivity contribution in [2.45, 2.75) is 44.3 Å². The summed E-state index contributed by atoms with van der Waals surface area (Å²) in [5, 5.41) is 0. The highest BCUT2D eigenvalue weighted by molar-refractivity contribution is 9.10. The average Bonchev–Trinajstić information content (AvgIpc) is 2.43. The Balaban J connectivity index is 2.09. The first kappa shape index (κ1) is 14.8. The molecule has 0 bridgehead atoms. The molecule has 106 valence electrons. The molecule has 1 fully saturated rings. The molecule has 0 spiro atoms. The van der Waals surface area contributed by atoms with E-state index in [0.717, 1.165) is 35.9 Å². The van der Waals surface area contributed by atoms with Crippen LogP contribution in [-0.4, -0.2) is 25.9 Å². The number of hydrogen-bond donors (Lipinski definition) is 1. The number of rotatable bonds is 5. The average molecular weight is 328 g/mol. The molecule has 2 atom stereocenters. The molecule has 2 N–H and O–H groups in total. The van der Waals surface area contributed by atoms with Crippen LogP contribution in [0.2, 0.25) is 0 Å². The van der Waals surface area contributed by atoms with Crippen LogP contribution < -0.4 is 10.5 Å². The maximum Gasteiger partial charge on any atom is 0.137 e. The number of para-hydroxylation sites is 1. The van der Waals surface area contributed by atoms with E-state index in [1.165, 1.54) is 12.0 Å². The van der Waals surface area contributed by atoms with Gasteiger partial charge in [0.1, 0.15) is 11.9 Å². The summed E-state index contributed by atoms with van der Waals surface area (Å²) in [7, 11) is 1.78. The highest BCUT2D eigenvalue weighted by Gasteiger charge is 2.24. The zero-order valence-electron chi connectivity index (χ0n) is 11.4. The van der Waals surface area contributed by atoms with Crippen LogP contribution in [-0.2, 0) is 11.2 Å². The third-order valence-corrected chi connectivity index (χ3v) is 4.28. The fourth-order valence-electron chi connectivity index (χ4n) is 2.63. The number of halogens is 1. The monoisotopic (exact) mass is 327 g/mol. The number of hydrogen-bond acceptors (Lipinski definition) is 3. The van der Waals surface area contributed by atoms with Gasteiger partial charge in [-0.3, -0.25) is 0 Å². The van der Waals surface area contributed by atoms with Crippen molar-refractivity contribution in [2.24, 2.45) is 5.73 Å². The van der Waals surface area contributed by atoms with Crippen LogP contribution >= 0.6 is 15.9 Å². The Bertz CT molecular complexity index is 411. The fourth-order valence-corrected chi connectivity index (χ4v) is 3.13.